The number of carboxylic acids is 1. The minimum Gasteiger partial charge on any atom is -0.491 e. The average molecular weight is 434 g/mol. The Kier molecular flexibility index (Phi) is 8.18. The molecule has 0 aliphatic carbocycles. The van der Waals surface area contributed by atoms with E-state index >= 15 is 0 Å². The van der Waals surface area contributed by atoms with Gasteiger partial charge in [-0.05, 0) is 51.8 Å². The highest BCUT2D eigenvalue weighted by Gasteiger charge is 2.15. The maximum absolute atomic E-state index is 14.2. The summed E-state index contributed by atoms with van der Waals surface area (Å²) in [4.78, 5) is 27.0. The largest absolute Gasteiger partial charge is 0.491 e. The molecule has 0 bridgehead atoms. The van der Waals surface area contributed by atoms with E-state index in [1.807, 2.05) is 0 Å². The predicted molar refractivity (Wildman–Crippen MR) is 110 cm³/mol. The van der Waals surface area contributed by atoms with Crippen molar-refractivity contribution in [3.63, 3.8) is 0 Å². The van der Waals surface area contributed by atoms with E-state index < -0.39 is 23.5 Å². The van der Waals surface area contributed by atoms with Gasteiger partial charge in [-0.15, -0.1) is 11.3 Å². The van der Waals surface area contributed by atoms with Crippen LogP contribution in [0.5, 0.6) is 5.75 Å². The Labute approximate surface area is 178 Å². The summed E-state index contributed by atoms with van der Waals surface area (Å²) in [5, 5.41) is 11.5. The van der Waals surface area contributed by atoms with Crippen LogP contribution in [-0.2, 0) is 11.2 Å². The van der Waals surface area contributed by atoms with E-state index in [4.69, 9.17) is 14.6 Å². The molecule has 0 saturated heterocycles. The summed E-state index contributed by atoms with van der Waals surface area (Å²) in [5.41, 5.74) is 1.40. The second-order valence-corrected chi connectivity index (χ2v) is 8.12. The van der Waals surface area contributed by atoms with Gasteiger partial charge in [-0.1, -0.05) is 11.8 Å². The topological polar surface area (TPSA) is 97.8 Å². The lowest BCUT2D eigenvalue weighted by Crippen LogP contribution is -2.32. The number of rotatable bonds is 7. The first-order valence-electron chi connectivity index (χ1n) is 9.19. The Morgan fingerprint density at radius 3 is 2.77 bits per heavy atom. The number of carbonyl (C=O) groups excluding carboxylic acids is 1. The standard InChI is InChI=1S/C21H23FN2O5S/c1-21(2,3)29-20(27)23-10-4-6-14-8-9-16(15(22)12-14)28-11-5-7-17-18(19(25)26)24-13-30-17/h8-9,12-13H,5,7,10-11H2,1-3H3,(H,23,27)(H,25,26). The van der Waals surface area contributed by atoms with Gasteiger partial charge in [0.2, 0.25) is 0 Å². The van der Waals surface area contributed by atoms with Gasteiger partial charge in [0.1, 0.15) is 5.60 Å². The van der Waals surface area contributed by atoms with Gasteiger partial charge >= 0.3 is 12.1 Å². The van der Waals surface area contributed by atoms with Gasteiger partial charge in [-0.25, -0.2) is 19.0 Å². The van der Waals surface area contributed by atoms with E-state index in [9.17, 15) is 14.0 Å². The second-order valence-electron chi connectivity index (χ2n) is 7.18. The van der Waals surface area contributed by atoms with Crippen molar-refractivity contribution < 1.29 is 28.6 Å². The number of thiazole rings is 1. The van der Waals surface area contributed by atoms with Gasteiger partial charge in [0.05, 0.1) is 18.7 Å². The molecule has 0 atom stereocenters. The highest BCUT2D eigenvalue weighted by Crippen LogP contribution is 2.19. The fraction of sp³-hybridized carbons (Fsp3) is 0.381. The Bertz CT molecular complexity index is 956. The molecule has 0 aliphatic heterocycles. The van der Waals surface area contributed by atoms with Crippen molar-refractivity contribution in [3.8, 4) is 17.6 Å². The van der Waals surface area contributed by atoms with Crippen LogP contribution < -0.4 is 10.1 Å². The molecule has 9 heteroatoms. The molecular weight excluding hydrogens is 411 g/mol. The molecule has 0 saturated carbocycles. The summed E-state index contributed by atoms with van der Waals surface area (Å²) in [6, 6.07) is 4.35. The number of nitrogens with one attached hydrogen (secondary N) is 1. The Morgan fingerprint density at radius 1 is 1.33 bits per heavy atom. The molecular formula is C21H23FN2O5S. The number of nitrogens with zero attached hydrogens (tertiary/aromatic N) is 1. The van der Waals surface area contributed by atoms with E-state index in [1.54, 1.807) is 26.8 Å². The zero-order valence-corrected chi connectivity index (χ0v) is 17.8. The third kappa shape index (κ3) is 7.72. The smallest absolute Gasteiger partial charge is 0.408 e. The van der Waals surface area contributed by atoms with Gasteiger partial charge in [-0.3, -0.25) is 0 Å². The first-order chi connectivity index (χ1) is 14.2. The number of halogens is 1. The second kappa shape index (κ2) is 10.6. The number of benzene rings is 1. The van der Waals surface area contributed by atoms with Crippen molar-refractivity contribution >= 4 is 23.4 Å². The number of ether oxygens (including phenoxy) is 2. The van der Waals surface area contributed by atoms with Crippen molar-refractivity contribution in [3.05, 3.63) is 45.7 Å². The Hall–Kier alpha value is -3.12. The molecule has 1 aromatic carbocycles. The SMILES string of the molecule is CC(C)(C)OC(=O)NCC#Cc1ccc(OCCCc2scnc2C(=O)O)c(F)c1. The number of hydrogen-bond donors (Lipinski definition) is 2. The van der Waals surface area contributed by atoms with Gasteiger partial charge < -0.3 is 19.9 Å². The molecule has 0 radical (unpaired) electrons. The van der Waals surface area contributed by atoms with Crippen molar-refractivity contribution in [1.82, 2.24) is 10.3 Å². The molecule has 0 fully saturated rings. The monoisotopic (exact) mass is 434 g/mol. The molecule has 160 valence electrons. The van der Waals surface area contributed by atoms with Crippen LogP contribution in [0.15, 0.2) is 23.7 Å². The number of hydrogen-bond acceptors (Lipinski definition) is 6. The predicted octanol–water partition coefficient (Wildman–Crippen LogP) is 3.87. The molecule has 2 aromatic rings. The molecule has 1 aromatic heterocycles. The van der Waals surface area contributed by atoms with Crippen molar-refractivity contribution in [1.29, 1.82) is 0 Å². The number of amides is 1. The Morgan fingerprint density at radius 2 is 2.10 bits per heavy atom. The summed E-state index contributed by atoms with van der Waals surface area (Å²) < 4.78 is 24.7. The van der Waals surface area contributed by atoms with Crippen molar-refractivity contribution in [2.24, 2.45) is 0 Å². The molecule has 0 unspecified atom stereocenters. The lowest BCUT2D eigenvalue weighted by molar-refractivity contribution is 0.0534. The van der Waals surface area contributed by atoms with Gasteiger partial charge in [-0.2, -0.15) is 0 Å². The summed E-state index contributed by atoms with van der Waals surface area (Å²) in [5.74, 6) is 3.97. The molecule has 1 amide bonds. The van der Waals surface area contributed by atoms with Gasteiger partial charge in [0.25, 0.3) is 0 Å². The van der Waals surface area contributed by atoms with Crippen LogP contribution >= 0.6 is 11.3 Å². The zero-order valence-electron chi connectivity index (χ0n) is 17.0. The third-order valence-corrected chi connectivity index (χ3v) is 4.43. The minimum absolute atomic E-state index is 0.0512. The van der Waals surface area contributed by atoms with Crippen molar-refractivity contribution in [2.45, 2.75) is 39.2 Å². The molecule has 2 rings (SSSR count). The van der Waals surface area contributed by atoms with Crippen LogP contribution in [0.1, 0.15) is 48.1 Å². The van der Waals surface area contributed by atoms with Crippen molar-refractivity contribution in [2.75, 3.05) is 13.2 Å². The first-order valence-corrected chi connectivity index (χ1v) is 10.1. The Balaban J connectivity index is 1.79. The number of aromatic nitrogens is 1. The van der Waals surface area contributed by atoms with E-state index in [1.165, 1.54) is 29.0 Å². The molecule has 0 aliphatic rings. The summed E-state index contributed by atoms with van der Waals surface area (Å²) >= 11 is 1.27. The highest BCUT2D eigenvalue weighted by atomic mass is 32.1. The van der Waals surface area contributed by atoms with Crippen LogP contribution in [0.4, 0.5) is 9.18 Å². The maximum Gasteiger partial charge on any atom is 0.408 e. The van der Waals surface area contributed by atoms with E-state index in [-0.39, 0.29) is 24.6 Å². The summed E-state index contributed by atoms with van der Waals surface area (Å²) in [6.45, 7) is 5.59. The number of aromatic carboxylic acids is 1. The quantitative estimate of drug-likeness (QED) is 0.507. The van der Waals surface area contributed by atoms with Crippen LogP contribution in [0.2, 0.25) is 0 Å². The van der Waals surface area contributed by atoms with E-state index in [0.717, 1.165) is 0 Å². The minimum atomic E-state index is -1.06. The molecule has 30 heavy (non-hydrogen) atoms. The van der Waals surface area contributed by atoms with Crippen LogP contribution in [0.3, 0.4) is 0 Å². The first kappa shape index (κ1) is 23.2. The number of aryl methyl sites for hydroxylation is 1. The molecule has 1 heterocycles. The molecule has 7 nitrogen and oxygen atoms in total. The van der Waals surface area contributed by atoms with Gasteiger partial charge in [0.15, 0.2) is 17.3 Å². The van der Waals surface area contributed by atoms with Gasteiger partial charge in [0, 0.05) is 10.4 Å². The van der Waals surface area contributed by atoms with E-state index in [2.05, 4.69) is 22.1 Å². The highest BCUT2D eigenvalue weighted by molar-refractivity contribution is 7.09. The summed E-state index contributed by atoms with van der Waals surface area (Å²) in [7, 11) is 0. The maximum atomic E-state index is 14.2. The number of alkyl carbamates (subject to hydrolysis) is 1. The summed E-state index contributed by atoms with van der Waals surface area (Å²) in [6.07, 6.45) is 0.447. The average Bonchev–Trinajstić information content (AvgIpc) is 3.11. The molecule has 0 spiro atoms. The lowest BCUT2D eigenvalue weighted by atomic mass is 10.2. The number of carboxylic acid groups (broad SMARTS) is 1. The van der Waals surface area contributed by atoms with Crippen LogP contribution in [-0.4, -0.2) is 40.9 Å². The fourth-order valence-electron chi connectivity index (χ4n) is 2.31. The van der Waals surface area contributed by atoms with Crippen LogP contribution in [0, 0.1) is 17.7 Å². The third-order valence-electron chi connectivity index (χ3n) is 3.53. The van der Waals surface area contributed by atoms with E-state index in [0.29, 0.717) is 23.3 Å². The normalized spacial score (nSPS) is 10.7. The van der Waals surface area contributed by atoms with Crippen LogP contribution in [0.25, 0.3) is 0 Å². The lowest BCUT2D eigenvalue weighted by Gasteiger charge is -2.18. The zero-order chi connectivity index (χ0) is 22.1. The number of carbonyl (C=O) groups is 2. The fourth-order valence-corrected chi connectivity index (χ4v) is 3.11. The molecule has 2 N–H and O–H groups in total.